The summed E-state index contributed by atoms with van der Waals surface area (Å²) in [5.41, 5.74) is 1.80. The Bertz CT molecular complexity index is 1070. The molecule has 1 aliphatic heterocycles. The van der Waals surface area contributed by atoms with E-state index in [1.165, 1.54) is 0 Å². The van der Waals surface area contributed by atoms with Gasteiger partial charge in [-0.1, -0.05) is 70.5 Å². The summed E-state index contributed by atoms with van der Waals surface area (Å²) in [6.45, 7) is 3.20. The van der Waals surface area contributed by atoms with Gasteiger partial charge < -0.3 is 10.2 Å². The summed E-state index contributed by atoms with van der Waals surface area (Å²) < 4.78 is 0.994. The first kappa shape index (κ1) is 20.6. The van der Waals surface area contributed by atoms with Crippen molar-refractivity contribution in [1.29, 1.82) is 0 Å². The van der Waals surface area contributed by atoms with E-state index in [1.54, 1.807) is 0 Å². The van der Waals surface area contributed by atoms with Crippen LogP contribution >= 0.6 is 15.9 Å². The molecule has 0 bridgehead atoms. The van der Waals surface area contributed by atoms with Crippen molar-refractivity contribution in [1.82, 2.24) is 10.2 Å². The summed E-state index contributed by atoms with van der Waals surface area (Å²) in [6.07, 6.45) is 1.37. The van der Waals surface area contributed by atoms with E-state index in [2.05, 4.69) is 21.2 Å². The molecule has 0 aliphatic carbocycles. The molecule has 3 aromatic rings. The Labute approximate surface area is 185 Å². The lowest BCUT2D eigenvalue weighted by molar-refractivity contribution is -0.127. The molecule has 1 aliphatic rings. The molecule has 1 heterocycles. The fraction of sp³-hybridized carbons (Fsp3) is 0.280. The van der Waals surface area contributed by atoms with Gasteiger partial charge in [0.15, 0.2) is 0 Å². The predicted molar refractivity (Wildman–Crippen MR) is 123 cm³/mol. The molecule has 0 aromatic heterocycles. The van der Waals surface area contributed by atoms with E-state index in [4.69, 9.17) is 0 Å². The fourth-order valence-electron chi connectivity index (χ4n) is 4.16. The molecule has 0 saturated carbocycles. The maximum atomic E-state index is 13.1. The maximum absolute atomic E-state index is 13.1. The van der Waals surface area contributed by atoms with E-state index in [0.29, 0.717) is 25.9 Å². The summed E-state index contributed by atoms with van der Waals surface area (Å²) in [5, 5.41) is 5.18. The molecule has 154 valence electrons. The zero-order valence-electron chi connectivity index (χ0n) is 17.0. The quantitative estimate of drug-likeness (QED) is 0.566. The number of fused-ring (bicyclic) bond motifs is 1. The number of carbonyl (C=O) groups excluding carboxylic acids is 2. The third kappa shape index (κ3) is 4.26. The minimum absolute atomic E-state index is 0.0484. The lowest BCUT2D eigenvalue weighted by atomic mass is 9.94. The monoisotopic (exact) mass is 464 g/mol. The van der Waals surface area contributed by atoms with Crippen LogP contribution < -0.4 is 5.32 Å². The van der Waals surface area contributed by atoms with Crippen molar-refractivity contribution in [2.45, 2.75) is 25.8 Å². The van der Waals surface area contributed by atoms with Crippen molar-refractivity contribution in [3.63, 3.8) is 0 Å². The van der Waals surface area contributed by atoms with E-state index in [0.717, 1.165) is 26.4 Å². The van der Waals surface area contributed by atoms with Crippen LogP contribution in [0.1, 0.15) is 41.7 Å². The topological polar surface area (TPSA) is 49.4 Å². The second kappa shape index (κ2) is 9.00. The number of rotatable bonds is 4. The van der Waals surface area contributed by atoms with Crippen LogP contribution in [-0.2, 0) is 4.79 Å². The van der Waals surface area contributed by atoms with Gasteiger partial charge in [-0.2, -0.15) is 0 Å². The van der Waals surface area contributed by atoms with Gasteiger partial charge >= 0.3 is 0 Å². The zero-order chi connectivity index (χ0) is 21.1. The third-order valence-corrected chi connectivity index (χ3v) is 6.63. The molecule has 4 rings (SSSR count). The van der Waals surface area contributed by atoms with Crippen molar-refractivity contribution >= 4 is 38.5 Å². The Morgan fingerprint density at radius 3 is 2.40 bits per heavy atom. The van der Waals surface area contributed by atoms with Crippen molar-refractivity contribution in [3.05, 3.63) is 82.3 Å². The largest absolute Gasteiger partial charge is 0.349 e. The average Bonchev–Trinajstić information content (AvgIpc) is 2.78. The molecule has 2 amide bonds. The smallest absolute Gasteiger partial charge is 0.254 e. The molecule has 0 spiro atoms. The van der Waals surface area contributed by atoms with E-state index in [-0.39, 0.29) is 23.8 Å². The molecule has 1 saturated heterocycles. The molecule has 1 fully saturated rings. The van der Waals surface area contributed by atoms with Crippen LogP contribution in [0.4, 0.5) is 0 Å². The van der Waals surface area contributed by atoms with Crippen molar-refractivity contribution in [2.24, 2.45) is 5.92 Å². The van der Waals surface area contributed by atoms with Gasteiger partial charge in [0, 0.05) is 29.0 Å². The lowest BCUT2D eigenvalue weighted by Crippen LogP contribution is -2.43. The van der Waals surface area contributed by atoms with Gasteiger partial charge in [-0.15, -0.1) is 0 Å². The van der Waals surface area contributed by atoms with Crippen molar-refractivity contribution in [2.75, 3.05) is 13.1 Å². The molecule has 4 nitrogen and oxygen atoms in total. The molecular weight excluding hydrogens is 440 g/mol. The van der Waals surface area contributed by atoms with Crippen LogP contribution in [0.3, 0.4) is 0 Å². The Morgan fingerprint density at radius 2 is 1.63 bits per heavy atom. The number of benzene rings is 3. The van der Waals surface area contributed by atoms with Gasteiger partial charge in [-0.25, -0.2) is 0 Å². The number of hydrogen-bond donors (Lipinski definition) is 1. The predicted octanol–water partition coefficient (Wildman–Crippen LogP) is 5.33. The second-order valence-corrected chi connectivity index (χ2v) is 8.70. The number of likely N-dealkylation sites (tertiary alicyclic amines) is 1. The van der Waals surface area contributed by atoms with Crippen molar-refractivity contribution < 1.29 is 9.59 Å². The summed E-state index contributed by atoms with van der Waals surface area (Å²) in [6, 6.07) is 21.7. The maximum Gasteiger partial charge on any atom is 0.254 e. The van der Waals surface area contributed by atoms with Crippen LogP contribution in [0.2, 0.25) is 0 Å². The highest BCUT2D eigenvalue weighted by Crippen LogP contribution is 2.26. The lowest BCUT2D eigenvalue weighted by Gasteiger charge is -2.32. The van der Waals surface area contributed by atoms with Crippen LogP contribution in [0.25, 0.3) is 10.8 Å². The summed E-state index contributed by atoms with van der Waals surface area (Å²) in [7, 11) is 0. The first-order chi connectivity index (χ1) is 14.5. The summed E-state index contributed by atoms with van der Waals surface area (Å²) in [4.78, 5) is 27.8. The normalized spacial score (nSPS) is 15.7. The van der Waals surface area contributed by atoms with E-state index < -0.39 is 0 Å². The Kier molecular flexibility index (Phi) is 6.18. The van der Waals surface area contributed by atoms with Gasteiger partial charge in [-0.3, -0.25) is 9.59 Å². The number of piperidine rings is 1. The Morgan fingerprint density at radius 1 is 0.967 bits per heavy atom. The van der Waals surface area contributed by atoms with Gasteiger partial charge in [0.25, 0.3) is 5.91 Å². The van der Waals surface area contributed by atoms with E-state index in [9.17, 15) is 9.59 Å². The van der Waals surface area contributed by atoms with Crippen LogP contribution in [0, 0.1) is 5.92 Å². The van der Waals surface area contributed by atoms with Crippen LogP contribution in [0.5, 0.6) is 0 Å². The summed E-state index contributed by atoms with van der Waals surface area (Å²) in [5.74, 6) is 0.0502. The SMILES string of the molecule is C[C@@H](NC(=O)C1CCN(C(=O)c2cccc3ccccc23)CC1)c1ccccc1Br. The van der Waals surface area contributed by atoms with Crippen molar-refractivity contribution in [3.8, 4) is 0 Å². The minimum Gasteiger partial charge on any atom is -0.349 e. The molecule has 30 heavy (non-hydrogen) atoms. The number of nitrogens with one attached hydrogen (secondary N) is 1. The van der Waals surface area contributed by atoms with Gasteiger partial charge in [0.2, 0.25) is 5.91 Å². The summed E-state index contributed by atoms with van der Waals surface area (Å²) >= 11 is 3.55. The molecule has 3 aromatic carbocycles. The number of nitrogens with zero attached hydrogens (tertiary/aromatic N) is 1. The average molecular weight is 465 g/mol. The number of carbonyl (C=O) groups is 2. The molecule has 0 radical (unpaired) electrons. The highest BCUT2D eigenvalue weighted by molar-refractivity contribution is 9.10. The molecule has 0 unspecified atom stereocenters. The molecule has 1 N–H and O–H groups in total. The van der Waals surface area contributed by atoms with Crippen LogP contribution in [-0.4, -0.2) is 29.8 Å². The number of amides is 2. The minimum atomic E-state index is -0.0663. The molecular formula is C25H25BrN2O2. The first-order valence-corrected chi connectivity index (χ1v) is 11.2. The first-order valence-electron chi connectivity index (χ1n) is 10.4. The van der Waals surface area contributed by atoms with Gasteiger partial charge in [-0.05, 0) is 48.2 Å². The van der Waals surface area contributed by atoms with Crippen LogP contribution in [0.15, 0.2) is 71.2 Å². The van der Waals surface area contributed by atoms with E-state index in [1.807, 2.05) is 78.6 Å². The Hall–Kier alpha value is -2.66. The third-order valence-electron chi connectivity index (χ3n) is 5.90. The number of hydrogen-bond acceptors (Lipinski definition) is 2. The van der Waals surface area contributed by atoms with Gasteiger partial charge in [0.05, 0.1) is 6.04 Å². The van der Waals surface area contributed by atoms with Gasteiger partial charge in [0.1, 0.15) is 0 Å². The Balaban J connectivity index is 1.38. The number of halogens is 1. The fourth-order valence-corrected chi connectivity index (χ4v) is 4.79. The van der Waals surface area contributed by atoms with E-state index >= 15 is 0 Å². The standard InChI is InChI=1S/C25H25BrN2O2/c1-17(20-9-4-5-12-23(20)26)27-24(29)19-13-15-28(16-14-19)25(30)22-11-6-8-18-7-2-3-10-21(18)22/h2-12,17,19H,13-16H2,1H3,(H,27,29)/t17-/m1/s1. The highest BCUT2D eigenvalue weighted by atomic mass is 79.9. The molecule has 5 heteroatoms. The molecule has 1 atom stereocenters. The second-order valence-electron chi connectivity index (χ2n) is 7.84. The highest BCUT2D eigenvalue weighted by Gasteiger charge is 2.29. The zero-order valence-corrected chi connectivity index (χ0v) is 18.6.